The Hall–Kier alpha value is 1.52. The fraction of sp³-hybridized carbons (Fsp3) is 0.667. The molecular weight excluding hydrogens is 201 g/mol. The first-order chi connectivity index (χ1) is 2.27. The Morgan fingerprint density at radius 2 is 2.00 bits per heavy atom. The maximum atomic E-state index is 9.37. The quantitative estimate of drug-likeness (QED) is 0.649. The van der Waals surface area contributed by atoms with Gasteiger partial charge in [-0.05, 0) is 0 Å². The second kappa shape index (κ2) is 6.52. The van der Waals surface area contributed by atoms with Gasteiger partial charge in [-0.1, -0.05) is 6.92 Å². The minimum absolute atomic E-state index is 0. The molecule has 0 unspecified atom stereocenters. The summed E-state index contributed by atoms with van der Waals surface area (Å²) in [4.78, 5) is 9.37. The zero-order valence-electron chi connectivity index (χ0n) is 3.06. The minimum atomic E-state index is -0.745. The molecule has 0 saturated carbocycles. The molecule has 0 atom stereocenters. The standard InChI is InChI=1S/C3H6O2.Cs.H/c1-2-3(4)5;;/h2H2,1H3,(H,4,5);;. The molecule has 0 aromatic heterocycles. The van der Waals surface area contributed by atoms with Crippen LogP contribution in [0.5, 0.6) is 0 Å². The van der Waals surface area contributed by atoms with Crippen LogP contribution in [0.15, 0.2) is 0 Å². The SMILES string of the molecule is CCC(=O)O.[CsH]. The number of carboxylic acid groups (broad SMARTS) is 1. The second-order valence-electron chi connectivity index (χ2n) is 0.747. The van der Waals surface area contributed by atoms with Crippen LogP contribution in [-0.2, 0) is 4.79 Å². The summed E-state index contributed by atoms with van der Waals surface area (Å²) in [6.45, 7) is 1.60. The fourth-order valence-corrected chi connectivity index (χ4v) is 0. The molecule has 0 saturated heterocycles. The van der Waals surface area contributed by atoms with Crippen molar-refractivity contribution < 1.29 is 9.90 Å². The van der Waals surface area contributed by atoms with Crippen LogP contribution in [0.4, 0.5) is 0 Å². The van der Waals surface area contributed by atoms with Crippen LogP contribution in [0.1, 0.15) is 13.3 Å². The normalized spacial score (nSPS) is 6.17. The van der Waals surface area contributed by atoms with Gasteiger partial charge in [0.05, 0.1) is 0 Å². The van der Waals surface area contributed by atoms with Crippen molar-refractivity contribution in [2.24, 2.45) is 0 Å². The molecule has 32 valence electrons. The van der Waals surface area contributed by atoms with Crippen molar-refractivity contribution in [3.05, 3.63) is 0 Å². The predicted octanol–water partition coefficient (Wildman–Crippen LogP) is -0.167. The number of hydrogen-bond acceptors (Lipinski definition) is 1. The van der Waals surface area contributed by atoms with E-state index in [1.165, 1.54) is 0 Å². The fourth-order valence-electron chi connectivity index (χ4n) is 0. The van der Waals surface area contributed by atoms with Crippen molar-refractivity contribution in [3.8, 4) is 0 Å². The molecule has 1 N–H and O–H groups in total. The van der Waals surface area contributed by atoms with Gasteiger partial charge in [0.15, 0.2) is 0 Å². The molecule has 6 heavy (non-hydrogen) atoms. The van der Waals surface area contributed by atoms with E-state index in [-0.39, 0.29) is 75.3 Å². The Morgan fingerprint density at radius 3 is 2.00 bits per heavy atom. The molecule has 0 spiro atoms. The molecule has 0 radical (unpaired) electrons. The number of carbonyl (C=O) groups is 1. The van der Waals surface area contributed by atoms with Gasteiger partial charge < -0.3 is 5.11 Å². The van der Waals surface area contributed by atoms with Crippen molar-refractivity contribution in [3.63, 3.8) is 0 Å². The molecule has 2 nitrogen and oxygen atoms in total. The van der Waals surface area contributed by atoms with Crippen LogP contribution in [0, 0.1) is 0 Å². The second-order valence-corrected chi connectivity index (χ2v) is 0.747. The van der Waals surface area contributed by atoms with Crippen LogP contribution in [0.25, 0.3) is 0 Å². The summed E-state index contributed by atoms with van der Waals surface area (Å²) < 4.78 is 0. The third kappa shape index (κ3) is 9.10. The van der Waals surface area contributed by atoms with Gasteiger partial charge >= 0.3 is 74.9 Å². The summed E-state index contributed by atoms with van der Waals surface area (Å²) >= 11 is 0. The summed E-state index contributed by atoms with van der Waals surface area (Å²) in [5, 5.41) is 7.72. The third-order valence-corrected chi connectivity index (χ3v) is 0.302. The Labute approximate surface area is 95.7 Å². The molecule has 0 fully saturated rings. The monoisotopic (exact) mass is 208 g/mol. The summed E-state index contributed by atoms with van der Waals surface area (Å²) in [7, 11) is 0. The van der Waals surface area contributed by atoms with E-state index in [0.29, 0.717) is 0 Å². The molecule has 0 amide bonds. The van der Waals surface area contributed by atoms with Crippen molar-refractivity contribution in [1.82, 2.24) is 0 Å². The first-order valence-electron chi connectivity index (χ1n) is 1.49. The van der Waals surface area contributed by atoms with Crippen molar-refractivity contribution in [2.45, 2.75) is 13.3 Å². The number of carboxylic acids is 1. The van der Waals surface area contributed by atoms with Gasteiger partial charge in [0.2, 0.25) is 0 Å². The van der Waals surface area contributed by atoms with E-state index in [9.17, 15) is 4.79 Å². The van der Waals surface area contributed by atoms with E-state index in [1.807, 2.05) is 0 Å². The molecule has 0 aromatic rings. The van der Waals surface area contributed by atoms with Crippen LogP contribution in [-0.4, -0.2) is 80.0 Å². The molecule has 0 aliphatic carbocycles. The molecule has 0 bridgehead atoms. The molecule has 0 aromatic carbocycles. The summed E-state index contributed by atoms with van der Waals surface area (Å²) in [5.41, 5.74) is 0. The van der Waals surface area contributed by atoms with Gasteiger partial charge in [-0.25, -0.2) is 0 Å². The van der Waals surface area contributed by atoms with Gasteiger partial charge in [0.1, 0.15) is 0 Å². The Morgan fingerprint density at radius 1 is 1.83 bits per heavy atom. The first kappa shape index (κ1) is 10.5. The van der Waals surface area contributed by atoms with E-state index in [0.717, 1.165) is 0 Å². The molecule has 0 rings (SSSR count). The summed E-state index contributed by atoms with van der Waals surface area (Å²) in [6.07, 6.45) is 0.222. The Kier molecular flexibility index (Phi) is 11.4. The Bertz CT molecular complexity index is 44.1. The summed E-state index contributed by atoms with van der Waals surface area (Å²) in [6, 6.07) is 0. The zero-order valence-corrected chi connectivity index (χ0v) is 3.06. The van der Waals surface area contributed by atoms with Crippen molar-refractivity contribution in [1.29, 1.82) is 0 Å². The average Bonchev–Trinajstić information content (AvgIpc) is 1.38. The van der Waals surface area contributed by atoms with Gasteiger partial charge in [-0.15, -0.1) is 0 Å². The first-order valence-corrected chi connectivity index (χ1v) is 1.49. The van der Waals surface area contributed by atoms with Crippen LogP contribution < -0.4 is 0 Å². The van der Waals surface area contributed by atoms with E-state index in [4.69, 9.17) is 5.11 Å². The topological polar surface area (TPSA) is 37.3 Å². The summed E-state index contributed by atoms with van der Waals surface area (Å²) in [5.74, 6) is -0.745. The van der Waals surface area contributed by atoms with Crippen LogP contribution in [0.2, 0.25) is 0 Å². The predicted molar refractivity (Wildman–Crippen MR) is 25.1 cm³/mol. The molecular formula is C3H7CsO2. The average molecular weight is 208 g/mol. The zero-order chi connectivity index (χ0) is 4.28. The molecule has 0 heterocycles. The van der Waals surface area contributed by atoms with E-state index in [1.54, 1.807) is 6.92 Å². The van der Waals surface area contributed by atoms with Gasteiger partial charge in [0, 0.05) is 6.42 Å². The van der Waals surface area contributed by atoms with E-state index < -0.39 is 5.97 Å². The van der Waals surface area contributed by atoms with E-state index in [2.05, 4.69) is 0 Å². The number of rotatable bonds is 1. The molecule has 0 aliphatic rings. The Balaban J connectivity index is 0. The van der Waals surface area contributed by atoms with Crippen molar-refractivity contribution in [2.75, 3.05) is 0 Å². The maximum absolute atomic E-state index is 9.37. The van der Waals surface area contributed by atoms with Gasteiger partial charge in [0.25, 0.3) is 0 Å². The molecule has 3 heteroatoms. The van der Waals surface area contributed by atoms with Crippen molar-refractivity contribution >= 4 is 74.9 Å². The van der Waals surface area contributed by atoms with Crippen LogP contribution >= 0.6 is 0 Å². The number of hydrogen-bond donors (Lipinski definition) is 1. The number of aliphatic carboxylic acids is 1. The van der Waals surface area contributed by atoms with Crippen LogP contribution in [0.3, 0.4) is 0 Å². The van der Waals surface area contributed by atoms with Gasteiger partial charge in [-0.3, -0.25) is 4.79 Å². The van der Waals surface area contributed by atoms with E-state index >= 15 is 0 Å². The van der Waals surface area contributed by atoms with Gasteiger partial charge in [-0.2, -0.15) is 0 Å². The molecule has 0 aliphatic heterocycles. The third-order valence-electron chi connectivity index (χ3n) is 0.302.